The Bertz CT molecular complexity index is 320. The SMILES string of the molecule is CC(C(=O)NC1CCC(C(F)(F)F)CC1)C1CNC1. The van der Waals surface area contributed by atoms with E-state index in [0.717, 1.165) is 13.1 Å². The Balaban J connectivity index is 1.74. The molecule has 2 aliphatic rings. The van der Waals surface area contributed by atoms with Gasteiger partial charge in [-0.05, 0) is 44.7 Å². The molecule has 110 valence electrons. The number of alkyl halides is 3. The number of halogens is 3. The largest absolute Gasteiger partial charge is 0.391 e. The van der Waals surface area contributed by atoms with Gasteiger partial charge in [0.05, 0.1) is 5.92 Å². The molecule has 2 N–H and O–H groups in total. The van der Waals surface area contributed by atoms with Crippen LogP contribution in [0.25, 0.3) is 0 Å². The minimum atomic E-state index is -4.08. The molecule has 1 aliphatic carbocycles. The molecule has 19 heavy (non-hydrogen) atoms. The molecule has 6 heteroatoms. The van der Waals surface area contributed by atoms with Gasteiger partial charge in [0.1, 0.15) is 0 Å². The Morgan fingerprint density at radius 2 is 1.79 bits per heavy atom. The summed E-state index contributed by atoms with van der Waals surface area (Å²) in [6, 6.07) is -0.0819. The molecule has 1 heterocycles. The molecule has 0 bridgehead atoms. The van der Waals surface area contributed by atoms with Crippen LogP contribution in [0.3, 0.4) is 0 Å². The van der Waals surface area contributed by atoms with E-state index >= 15 is 0 Å². The Morgan fingerprint density at radius 1 is 1.21 bits per heavy atom. The van der Waals surface area contributed by atoms with E-state index in [9.17, 15) is 18.0 Å². The fourth-order valence-electron chi connectivity index (χ4n) is 2.78. The summed E-state index contributed by atoms with van der Waals surface area (Å²) in [5, 5.41) is 6.02. The van der Waals surface area contributed by atoms with E-state index in [-0.39, 0.29) is 30.7 Å². The molecule has 1 atom stereocenters. The lowest BCUT2D eigenvalue weighted by Crippen LogP contribution is -2.51. The summed E-state index contributed by atoms with van der Waals surface area (Å²) in [4.78, 5) is 12.0. The second-order valence-electron chi connectivity index (χ2n) is 5.81. The van der Waals surface area contributed by atoms with Crippen molar-refractivity contribution in [2.75, 3.05) is 13.1 Å². The molecule has 0 radical (unpaired) electrons. The molecule has 0 aromatic rings. The van der Waals surface area contributed by atoms with Gasteiger partial charge in [-0.3, -0.25) is 4.79 Å². The number of rotatable bonds is 3. The van der Waals surface area contributed by atoms with Crippen LogP contribution in [0.2, 0.25) is 0 Å². The maximum absolute atomic E-state index is 12.5. The van der Waals surface area contributed by atoms with E-state index in [0.29, 0.717) is 18.8 Å². The van der Waals surface area contributed by atoms with Crippen LogP contribution >= 0.6 is 0 Å². The maximum atomic E-state index is 12.5. The van der Waals surface area contributed by atoms with Gasteiger partial charge in [-0.25, -0.2) is 0 Å². The first kappa shape index (κ1) is 14.6. The van der Waals surface area contributed by atoms with Gasteiger partial charge in [0.25, 0.3) is 0 Å². The zero-order chi connectivity index (χ0) is 14.0. The van der Waals surface area contributed by atoms with E-state index in [1.165, 1.54) is 0 Å². The van der Waals surface area contributed by atoms with E-state index < -0.39 is 12.1 Å². The van der Waals surface area contributed by atoms with Crippen LogP contribution in [-0.4, -0.2) is 31.2 Å². The van der Waals surface area contributed by atoms with Crippen molar-refractivity contribution in [1.82, 2.24) is 10.6 Å². The number of hydrogen-bond acceptors (Lipinski definition) is 2. The normalized spacial score (nSPS) is 30.5. The predicted octanol–water partition coefficient (Wildman–Crippen LogP) is 2.08. The predicted molar refractivity (Wildman–Crippen MR) is 65.5 cm³/mol. The van der Waals surface area contributed by atoms with Crippen molar-refractivity contribution in [1.29, 1.82) is 0 Å². The third-order valence-electron chi connectivity index (χ3n) is 4.47. The van der Waals surface area contributed by atoms with Crippen LogP contribution in [0.15, 0.2) is 0 Å². The van der Waals surface area contributed by atoms with Gasteiger partial charge >= 0.3 is 6.18 Å². The fourth-order valence-corrected chi connectivity index (χ4v) is 2.78. The number of carbonyl (C=O) groups is 1. The standard InChI is InChI=1S/C13H21F3N2O/c1-8(9-6-17-7-9)12(19)18-11-4-2-10(3-5-11)13(14,15)16/h8-11,17H,2-7H2,1H3,(H,18,19). The van der Waals surface area contributed by atoms with Gasteiger partial charge in [0.15, 0.2) is 0 Å². The van der Waals surface area contributed by atoms with Gasteiger partial charge in [-0.1, -0.05) is 6.92 Å². The van der Waals surface area contributed by atoms with E-state index in [1.54, 1.807) is 0 Å². The highest BCUT2D eigenvalue weighted by Gasteiger charge is 2.41. The Hall–Kier alpha value is -0.780. The molecule has 0 aromatic heterocycles. The molecule has 0 aromatic carbocycles. The van der Waals surface area contributed by atoms with Crippen LogP contribution in [0.5, 0.6) is 0 Å². The molecule has 1 unspecified atom stereocenters. The first-order valence-corrected chi connectivity index (χ1v) is 6.95. The minimum Gasteiger partial charge on any atom is -0.353 e. The Morgan fingerprint density at radius 3 is 2.21 bits per heavy atom. The molecule has 1 amide bonds. The van der Waals surface area contributed by atoms with Gasteiger partial charge in [0.2, 0.25) is 5.91 Å². The molecule has 1 saturated heterocycles. The van der Waals surface area contributed by atoms with E-state index in [4.69, 9.17) is 0 Å². The summed E-state index contributed by atoms with van der Waals surface area (Å²) in [5.41, 5.74) is 0. The van der Waals surface area contributed by atoms with Crippen molar-refractivity contribution in [2.45, 2.75) is 44.8 Å². The van der Waals surface area contributed by atoms with Crippen molar-refractivity contribution in [3.8, 4) is 0 Å². The zero-order valence-corrected chi connectivity index (χ0v) is 11.1. The molecule has 3 nitrogen and oxygen atoms in total. The lowest BCUT2D eigenvalue weighted by atomic mass is 9.84. The van der Waals surface area contributed by atoms with E-state index in [2.05, 4.69) is 10.6 Å². The number of hydrogen-bond donors (Lipinski definition) is 2. The van der Waals surface area contributed by atoms with Crippen molar-refractivity contribution >= 4 is 5.91 Å². The lowest BCUT2D eigenvalue weighted by molar-refractivity contribution is -0.182. The monoisotopic (exact) mass is 278 g/mol. The van der Waals surface area contributed by atoms with Crippen LogP contribution < -0.4 is 10.6 Å². The molecule has 2 rings (SSSR count). The maximum Gasteiger partial charge on any atom is 0.391 e. The summed E-state index contributed by atoms with van der Waals surface area (Å²) in [7, 11) is 0. The quantitative estimate of drug-likeness (QED) is 0.830. The minimum absolute atomic E-state index is 0.0121. The first-order chi connectivity index (χ1) is 8.88. The number of amides is 1. The van der Waals surface area contributed by atoms with Crippen LogP contribution in [0.1, 0.15) is 32.6 Å². The topological polar surface area (TPSA) is 41.1 Å². The molecular formula is C13H21F3N2O. The summed E-state index contributed by atoms with van der Waals surface area (Å²) >= 11 is 0. The van der Waals surface area contributed by atoms with Crippen molar-refractivity contribution < 1.29 is 18.0 Å². The second kappa shape index (κ2) is 5.69. The first-order valence-electron chi connectivity index (χ1n) is 6.95. The Kier molecular flexibility index (Phi) is 4.38. The summed E-state index contributed by atoms with van der Waals surface area (Å²) in [6.45, 7) is 3.60. The smallest absolute Gasteiger partial charge is 0.353 e. The highest BCUT2D eigenvalue weighted by Crippen LogP contribution is 2.37. The molecule has 1 aliphatic heterocycles. The average Bonchev–Trinajstić information content (AvgIpc) is 2.26. The third kappa shape index (κ3) is 3.61. The highest BCUT2D eigenvalue weighted by molar-refractivity contribution is 5.79. The third-order valence-corrected chi connectivity index (χ3v) is 4.47. The molecule has 0 spiro atoms. The van der Waals surface area contributed by atoms with Gasteiger partial charge in [0, 0.05) is 12.0 Å². The lowest BCUT2D eigenvalue weighted by Gasteiger charge is -2.34. The van der Waals surface area contributed by atoms with Crippen LogP contribution in [-0.2, 0) is 4.79 Å². The Labute approximate surface area is 111 Å². The molecule has 2 fully saturated rings. The number of carbonyl (C=O) groups excluding carboxylic acids is 1. The highest BCUT2D eigenvalue weighted by atomic mass is 19.4. The van der Waals surface area contributed by atoms with Crippen molar-refractivity contribution in [3.05, 3.63) is 0 Å². The molecular weight excluding hydrogens is 257 g/mol. The molecule has 1 saturated carbocycles. The summed E-state index contributed by atoms with van der Waals surface area (Å²) < 4.78 is 37.6. The van der Waals surface area contributed by atoms with Gasteiger partial charge in [-0.2, -0.15) is 13.2 Å². The fraction of sp³-hybridized carbons (Fsp3) is 0.923. The number of nitrogens with one attached hydrogen (secondary N) is 2. The van der Waals surface area contributed by atoms with Gasteiger partial charge in [-0.15, -0.1) is 0 Å². The van der Waals surface area contributed by atoms with Crippen molar-refractivity contribution in [3.63, 3.8) is 0 Å². The van der Waals surface area contributed by atoms with Crippen LogP contribution in [0.4, 0.5) is 13.2 Å². The van der Waals surface area contributed by atoms with Crippen LogP contribution in [0, 0.1) is 17.8 Å². The van der Waals surface area contributed by atoms with E-state index in [1.807, 2.05) is 6.92 Å². The summed E-state index contributed by atoms with van der Waals surface area (Å²) in [5.74, 6) is -0.885. The van der Waals surface area contributed by atoms with Crippen molar-refractivity contribution in [2.24, 2.45) is 17.8 Å². The zero-order valence-electron chi connectivity index (χ0n) is 11.1. The second-order valence-corrected chi connectivity index (χ2v) is 5.81. The van der Waals surface area contributed by atoms with Gasteiger partial charge < -0.3 is 10.6 Å². The average molecular weight is 278 g/mol. The summed E-state index contributed by atoms with van der Waals surface area (Å²) in [6.07, 6.45) is -2.95.